The minimum absolute atomic E-state index is 0.0172. The van der Waals surface area contributed by atoms with Crippen LogP contribution in [0.3, 0.4) is 0 Å². The van der Waals surface area contributed by atoms with Crippen LogP contribution in [0.15, 0.2) is 60.7 Å². The summed E-state index contributed by atoms with van der Waals surface area (Å²) >= 11 is 0. The molecule has 1 atom stereocenters. The number of nitrogens with two attached hydrogens (primary N) is 1. The van der Waals surface area contributed by atoms with Gasteiger partial charge in [-0.05, 0) is 30.5 Å². The van der Waals surface area contributed by atoms with Crippen molar-refractivity contribution in [2.24, 2.45) is 5.73 Å². The highest BCUT2D eigenvalue weighted by Crippen LogP contribution is 2.32. The van der Waals surface area contributed by atoms with E-state index in [2.05, 4.69) is 12.1 Å². The maximum Gasteiger partial charge on any atom is 0.243 e. The molecule has 130 valence electrons. The summed E-state index contributed by atoms with van der Waals surface area (Å²) in [5, 5.41) is 0. The largest absolute Gasteiger partial charge is 0.334 e. The third kappa shape index (κ3) is 3.88. The van der Waals surface area contributed by atoms with E-state index in [0.717, 1.165) is 24.9 Å². The average molecular weight is 337 g/mol. The average Bonchev–Trinajstić information content (AvgIpc) is 3.16. The highest BCUT2D eigenvalue weighted by Gasteiger charge is 2.31. The molecule has 0 aliphatic carbocycles. The number of anilines is 1. The molecule has 0 aromatic heterocycles. The second-order valence-electron chi connectivity index (χ2n) is 6.18. The normalized spacial score (nSPS) is 16.7. The first kappa shape index (κ1) is 17.2. The van der Waals surface area contributed by atoms with E-state index in [9.17, 15) is 9.59 Å². The van der Waals surface area contributed by atoms with Crippen molar-refractivity contribution in [3.8, 4) is 0 Å². The number of nitrogens with zero attached hydrogens (tertiary/aromatic N) is 2. The fourth-order valence-corrected chi connectivity index (χ4v) is 3.35. The standard InChI is InChI=1S/C20H23N3O2/c21-14-19(24)23(17-10-5-2-6-11-17)15-20(25)22-13-7-12-18(22)16-8-3-1-4-9-16/h1-6,8-11,18H,7,12-15,21H2. The Morgan fingerprint density at radius 1 is 1.04 bits per heavy atom. The van der Waals surface area contributed by atoms with Crippen LogP contribution in [0.5, 0.6) is 0 Å². The van der Waals surface area contributed by atoms with Crippen LogP contribution in [0.1, 0.15) is 24.4 Å². The topological polar surface area (TPSA) is 66.6 Å². The van der Waals surface area contributed by atoms with Gasteiger partial charge in [-0.2, -0.15) is 0 Å². The number of carbonyl (C=O) groups is 2. The molecule has 1 aliphatic heterocycles. The van der Waals surface area contributed by atoms with Gasteiger partial charge in [-0.1, -0.05) is 48.5 Å². The smallest absolute Gasteiger partial charge is 0.243 e. The molecule has 1 unspecified atom stereocenters. The van der Waals surface area contributed by atoms with Crippen LogP contribution in [0, 0.1) is 0 Å². The van der Waals surface area contributed by atoms with Crippen molar-refractivity contribution in [1.82, 2.24) is 4.90 Å². The summed E-state index contributed by atoms with van der Waals surface area (Å²) in [6.45, 7) is 0.617. The molecule has 25 heavy (non-hydrogen) atoms. The predicted molar refractivity (Wildman–Crippen MR) is 98.0 cm³/mol. The zero-order valence-corrected chi connectivity index (χ0v) is 14.2. The fourth-order valence-electron chi connectivity index (χ4n) is 3.35. The van der Waals surface area contributed by atoms with Crippen LogP contribution in [0.4, 0.5) is 5.69 Å². The van der Waals surface area contributed by atoms with E-state index in [1.807, 2.05) is 53.4 Å². The molecule has 2 amide bonds. The molecule has 1 fully saturated rings. The molecule has 1 heterocycles. The number of benzene rings is 2. The zero-order valence-electron chi connectivity index (χ0n) is 14.2. The number of hydrogen-bond acceptors (Lipinski definition) is 3. The Morgan fingerprint density at radius 3 is 2.32 bits per heavy atom. The molecule has 3 rings (SSSR count). The lowest BCUT2D eigenvalue weighted by Gasteiger charge is -2.29. The number of likely N-dealkylation sites (tertiary alicyclic amines) is 1. The van der Waals surface area contributed by atoms with Gasteiger partial charge >= 0.3 is 0 Å². The van der Waals surface area contributed by atoms with Gasteiger partial charge in [0, 0.05) is 12.2 Å². The quantitative estimate of drug-likeness (QED) is 0.911. The highest BCUT2D eigenvalue weighted by atomic mass is 16.2. The third-order valence-corrected chi connectivity index (χ3v) is 4.59. The van der Waals surface area contributed by atoms with Gasteiger partial charge < -0.3 is 15.5 Å². The molecule has 2 aromatic rings. The van der Waals surface area contributed by atoms with Crippen LogP contribution < -0.4 is 10.6 Å². The van der Waals surface area contributed by atoms with Gasteiger partial charge in [0.25, 0.3) is 0 Å². The van der Waals surface area contributed by atoms with Crippen LogP contribution in [-0.4, -0.2) is 36.3 Å². The Kier molecular flexibility index (Phi) is 5.46. The predicted octanol–water partition coefficient (Wildman–Crippen LogP) is 2.34. The maximum atomic E-state index is 12.9. The van der Waals surface area contributed by atoms with Crippen molar-refractivity contribution >= 4 is 17.5 Å². The molecule has 0 spiro atoms. The molecule has 5 heteroatoms. The Morgan fingerprint density at radius 2 is 1.68 bits per heavy atom. The monoisotopic (exact) mass is 337 g/mol. The van der Waals surface area contributed by atoms with Gasteiger partial charge in [-0.3, -0.25) is 9.59 Å². The van der Waals surface area contributed by atoms with Crippen LogP contribution in [-0.2, 0) is 9.59 Å². The molecule has 1 saturated heterocycles. The van der Waals surface area contributed by atoms with Gasteiger partial charge in [-0.15, -0.1) is 0 Å². The molecule has 2 aromatic carbocycles. The number of rotatable bonds is 5. The lowest BCUT2D eigenvalue weighted by Crippen LogP contribution is -2.44. The Hall–Kier alpha value is -2.66. The number of hydrogen-bond donors (Lipinski definition) is 1. The lowest BCUT2D eigenvalue weighted by molar-refractivity contribution is -0.132. The molecule has 5 nitrogen and oxygen atoms in total. The lowest BCUT2D eigenvalue weighted by atomic mass is 10.0. The molecule has 0 bridgehead atoms. The third-order valence-electron chi connectivity index (χ3n) is 4.59. The Bertz CT molecular complexity index is 718. The van der Waals surface area contributed by atoms with Crippen molar-refractivity contribution < 1.29 is 9.59 Å². The summed E-state index contributed by atoms with van der Waals surface area (Å²) in [4.78, 5) is 28.5. The van der Waals surface area contributed by atoms with E-state index in [1.54, 1.807) is 0 Å². The van der Waals surface area contributed by atoms with Crippen molar-refractivity contribution in [2.45, 2.75) is 18.9 Å². The van der Waals surface area contributed by atoms with Crippen molar-refractivity contribution in [2.75, 3.05) is 24.5 Å². The van der Waals surface area contributed by atoms with Gasteiger partial charge in [0.1, 0.15) is 6.54 Å². The number of para-hydroxylation sites is 1. The highest BCUT2D eigenvalue weighted by molar-refractivity contribution is 5.99. The summed E-state index contributed by atoms with van der Waals surface area (Å²) in [6, 6.07) is 19.3. The van der Waals surface area contributed by atoms with Gasteiger partial charge in [0.05, 0.1) is 12.6 Å². The van der Waals surface area contributed by atoms with Crippen molar-refractivity contribution in [1.29, 1.82) is 0 Å². The first-order valence-electron chi connectivity index (χ1n) is 8.60. The number of amides is 2. The van der Waals surface area contributed by atoms with Gasteiger partial charge in [-0.25, -0.2) is 0 Å². The molecular weight excluding hydrogens is 314 g/mol. The minimum Gasteiger partial charge on any atom is -0.334 e. The summed E-state index contributed by atoms with van der Waals surface area (Å²) in [7, 11) is 0. The molecule has 1 aliphatic rings. The first-order chi connectivity index (χ1) is 12.2. The second kappa shape index (κ2) is 7.94. The molecule has 2 N–H and O–H groups in total. The van der Waals surface area contributed by atoms with Crippen LogP contribution in [0.25, 0.3) is 0 Å². The first-order valence-corrected chi connectivity index (χ1v) is 8.60. The van der Waals surface area contributed by atoms with E-state index >= 15 is 0 Å². The zero-order chi connectivity index (χ0) is 17.6. The van der Waals surface area contributed by atoms with Crippen LogP contribution >= 0.6 is 0 Å². The summed E-state index contributed by atoms with van der Waals surface area (Å²) in [5.74, 6) is -0.299. The molecular formula is C20H23N3O2. The minimum atomic E-state index is -0.255. The fraction of sp³-hybridized carbons (Fsp3) is 0.300. The van der Waals surface area contributed by atoms with E-state index < -0.39 is 0 Å². The van der Waals surface area contributed by atoms with E-state index in [1.165, 1.54) is 4.90 Å². The van der Waals surface area contributed by atoms with Gasteiger partial charge in [0.2, 0.25) is 11.8 Å². The van der Waals surface area contributed by atoms with E-state index in [-0.39, 0.29) is 30.9 Å². The Balaban J connectivity index is 1.78. The van der Waals surface area contributed by atoms with E-state index in [4.69, 9.17) is 5.73 Å². The van der Waals surface area contributed by atoms with Gasteiger partial charge in [0.15, 0.2) is 0 Å². The Labute approximate surface area is 148 Å². The number of carbonyl (C=O) groups excluding carboxylic acids is 2. The van der Waals surface area contributed by atoms with E-state index in [0.29, 0.717) is 5.69 Å². The summed E-state index contributed by atoms with van der Waals surface area (Å²) in [5.41, 5.74) is 7.38. The second-order valence-corrected chi connectivity index (χ2v) is 6.18. The van der Waals surface area contributed by atoms with Crippen molar-refractivity contribution in [3.05, 3.63) is 66.2 Å². The summed E-state index contributed by atoms with van der Waals surface area (Å²) < 4.78 is 0. The molecule has 0 saturated carbocycles. The van der Waals surface area contributed by atoms with Crippen LogP contribution in [0.2, 0.25) is 0 Å². The molecule has 0 radical (unpaired) electrons. The maximum absolute atomic E-state index is 12.9. The summed E-state index contributed by atoms with van der Waals surface area (Å²) in [6.07, 6.45) is 1.92. The SMILES string of the molecule is NCC(=O)N(CC(=O)N1CCCC1c1ccccc1)c1ccccc1. The van der Waals surface area contributed by atoms with Crippen molar-refractivity contribution in [3.63, 3.8) is 0 Å².